The summed E-state index contributed by atoms with van der Waals surface area (Å²) in [7, 11) is 0. The second-order valence-corrected chi connectivity index (χ2v) is 7.42. The third-order valence-electron chi connectivity index (χ3n) is 5.24. The molecule has 0 bridgehead atoms. The van der Waals surface area contributed by atoms with Crippen molar-refractivity contribution >= 4 is 41.8 Å². The van der Waals surface area contributed by atoms with E-state index in [2.05, 4.69) is 29.1 Å². The molecule has 0 radical (unpaired) electrons. The maximum Gasteiger partial charge on any atom is 0.255 e. The van der Waals surface area contributed by atoms with Crippen molar-refractivity contribution in [3.05, 3.63) is 59.9 Å². The van der Waals surface area contributed by atoms with Gasteiger partial charge in [0, 0.05) is 24.7 Å². The molecule has 6 nitrogen and oxygen atoms in total. The van der Waals surface area contributed by atoms with E-state index in [1.165, 1.54) is 0 Å². The Morgan fingerprint density at radius 2 is 1.96 bits per heavy atom. The molecule has 1 saturated heterocycles. The molecular weight excluding hydrogens is 397 g/mol. The number of carbonyl (C=O) groups is 1. The maximum absolute atomic E-state index is 12.8. The zero-order valence-corrected chi connectivity index (χ0v) is 17.4. The summed E-state index contributed by atoms with van der Waals surface area (Å²) < 4.78 is 1.86. The normalized spacial score (nSPS) is 18.6. The minimum Gasteiger partial charge on any atom is -0.338 e. The average Bonchev–Trinajstić information content (AvgIpc) is 3.26. The van der Waals surface area contributed by atoms with Gasteiger partial charge in [0.05, 0.1) is 18.3 Å². The highest BCUT2D eigenvalue weighted by molar-refractivity contribution is 5.97. The summed E-state index contributed by atoms with van der Waals surface area (Å²) in [5.41, 5.74) is 8.43. The fraction of sp³-hybridized carbons (Fsp3) is 0.350. The van der Waals surface area contributed by atoms with E-state index in [4.69, 9.17) is 5.73 Å². The number of pyridine rings is 1. The smallest absolute Gasteiger partial charge is 0.255 e. The highest BCUT2D eigenvalue weighted by atomic mass is 35.5. The van der Waals surface area contributed by atoms with Gasteiger partial charge < -0.3 is 10.6 Å². The number of nitrogens with zero attached hydrogens (tertiary/aromatic N) is 4. The molecule has 0 aliphatic carbocycles. The number of nitrogens with two attached hydrogens (primary N) is 1. The van der Waals surface area contributed by atoms with Gasteiger partial charge in [-0.05, 0) is 30.0 Å². The molecule has 2 aromatic heterocycles. The molecule has 8 heteroatoms. The first-order chi connectivity index (χ1) is 12.6. The van der Waals surface area contributed by atoms with Gasteiger partial charge in [0.25, 0.3) is 5.91 Å². The Kier molecular flexibility index (Phi) is 7.04. The number of hydrogen-bond acceptors (Lipinski definition) is 4. The van der Waals surface area contributed by atoms with E-state index >= 15 is 0 Å². The van der Waals surface area contributed by atoms with E-state index < -0.39 is 0 Å². The Morgan fingerprint density at radius 1 is 1.21 bits per heavy atom. The number of aromatic nitrogens is 3. The Bertz CT molecular complexity index is 946. The van der Waals surface area contributed by atoms with E-state index in [1.807, 2.05) is 33.8 Å². The van der Waals surface area contributed by atoms with Crippen molar-refractivity contribution < 1.29 is 4.79 Å². The molecular formula is C20H25Cl2N5O. The van der Waals surface area contributed by atoms with Crippen LogP contribution in [-0.4, -0.2) is 45.2 Å². The molecule has 150 valence electrons. The van der Waals surface area contributed by atoms with Crippen LogP contribution < -0.4 is 5.73 Å². The van der Waals surface area contributed by atoms with Crippen LogP contribution >= 0.6 is 24.8 Å². The molecule has 4 rings (SSSR count). The van der Waals surface area contributed by atoms with Crippen molar-refractivity contribution in [2.45, 2.75) is 19.9 Å². The lowest BCUT2D eigenvalue weighted by Gasteiger charge is -2.22. The van der Waals surface area contributed by atoms with Gasteiger partial charge in [-0.3, -0.25) is 4.79 Å². The number of benzene rings is 1. The van der Waals surface area contributed by atoms with Gasteiger partial charge in [0.15, 0.2) is 5.65 Å². The van der Waals surface area contributed by atoms with Crippen LogP contribution in [0.1, 0.15) is 29.3 Å². The van der Waals surface area contributed by atoms with Crippen LogP contribution in [0.4, 0.5) is 0 Å². The van der Waals surface area contributed by atoms with Crippen LogP contribution in [0.3, 0.4) is 0 Å². The molecule has 1 unspecified atom stereocenters. The first-order valence-electron chi connectivity index (χ1n) is 8.93. The van der Waals surface area contributed by atoms with Crippen LogP contribution in [0.5, 0.6) is 0 Å². The van der Waals surface area contributed by atoms with Crippen molar-refractivity contribution in [1.29, 1.82) is 0 Å². The lowest BCUT2D eigenvalue weighted by molar-refractivity contribution is 0.0776. The molecule has 1 aliphatic rings. The van der Waals surface area contributed by atoms with E-state index in [0.717, 1.165) is 29.6 Å². The van der Waals surface area contributed by atoms with Crippen molar-refractivity contribution in [1.82, 2.24) is 19.7 Å². The SMILES string of the molecule is CC1(CN)CCN(C(=O)c2cnc3c(cnn3Cc3ccccc3)c2)C1.Cl.Cl. The minimum absolute atomic E-state index is 0. The molecule has 1 fully saturated rings. The summed E-state index contributed by atoms with van der Waals surface area (Å²) in [6.07, 6.45) is 4.38. The van der Waals surface area contributed by atoms with Crippen molar-refractivity contribution in [3.8, 4) is 0 Å². The summed E-state index contributed by atoms with van der Waals surface area (Å²) in [5, 5.41) is 5.32. The number of amides is 1. The molecule has 0 spiro atoms. The molecule has 28 heavy (non-hydrogen) atoms. The summed E-state index contributed by atoms with van der Waals surface area (Å²) in [6, 6.07) is 12.0. The van der Waals surface area contributed by atoms with Gasteiger partial charge in [-0.1, -0.05) is 37.3 Å². The third kappa shape index (κ3) is 4.29. The largest absolute Gasteiger partial charge is 0.338 e. The van der Waals surface area contributed by atoms with Crippen LogP contribution in [0.15, 0.2) is 48.8 Å². The number of likely N-dealkylation sites (tertiary alicyclic amines) is 1. The van der Waals surface area contributed by atoms with Crippen LogP contribution in [-0.2, 0) is 6.54 Å². The van der Waals surface area contributed by atoms with Crippen LogP contribution in [0.2, 0.25) is 0 Å². The van der Waals surface area contributed by atoms with Crippen molar-refractivity contribution in [3.63, 3.8) is 0 Å². The molecule has 0 saturated carbocycles. The van der Waals surface area contributed by atoms with E-state index in [9.17, 15) is 4.79 Å². The van der Waals surface area contributed by atoms with E-state index in [0.29, 0.717) is 25.2 Å². The van der Waals surface area contributed by atoms with Crippen molar-refractivity contribution in [2.24, 2.45) is 11.1 Å². The predicted molar refractivity (Wildman–Crippen MR) is 115 cm³/mol. The highest BCUT2D eigenvalue weighted by Crippen LogP contribution is 2.29. The quantitative estimate of drug-likeness (QED) is 0.701. The summed E-state index contributed by atoms with van der Waals surface area (Å²) >= 11 is 0. The molecule has 2 N–H and O–H groups in total. The van der Waals surface area contributed by atoms with Crippen LogP contribution in [0.25, 0.3) is 11.0 Å². The Morgan fingerprint density at radius 3 is 2.64 bits per heavy atom. The van der Waals surface area contributed by atoms with E-state index in [1.54, 1.807) is 12.4 Å². The van der Waals surface area contributed by atoms with Gasteiger partial charge in [0.2, 0.25) is 0 Å². The predicted octanol–water partition coefficient (Wildman–Crippen LogP) is 3.13. The van der Waals surface area contributed by atoms with Gasteiger partial charge in [-0.15, -0.1) is 24.8 Å². The highest BCUT2D eigenvalue weighted by Gasteiger charge is 2.35. The first kappa shape index (κ1) is 22.1. The molecule has 1 aromatic carbocycles. The van der Waals surface area contributed by atoms with Crippen molar-refractivity contribution in [2.75, 3.05) is 19.6 Å². The fourth-order valence-corrected chi connectivity index (χ4v) is 3.51. The van der Waals surface area contributed by atoms with Gasteiger partial charge in [0.1, 0.15) is 0 Å². The van der Waals surface area contributed by atoms with Gasteiger partial charge in [-0.2, -0.15) is 5.10 Å². The molecule has 1 aliphatic heterocycles. The first-order valence-corrected chi connectivity index (χ1v) is 8.93. The summed E-state index contributed by atoms with van der Waals surface area (Å²) in [5.74, 6) is 0.0207. The molecule has 3 heterocycles. The molecule has 1 amide bonds. The number of fused-ring (bicyclic) bond motifs is 1. The molecule has 1 atom stereocenters. The Labute approximate surface area is 176 Å². The zero-order chi connectivity index (χ0) is 18.1. The standard InChI is InChI=1S/C20H23N5O.2ClH/c1-20(13-21)7-8-24(14-20)19(26)17-9-16-11-23-25(18(16)22-10-17)12-15-5-3-2-4-6-15;;/h2-6,9-11H,7-8,12-14,21H2,1H3;2*1H. The second kappa shape index (κ2) is 8.90. The third-order valence-corrected chi connectivity index (χ3v) is 5.24. The van der Waals surface area contributed by atoms with Crippen LogP contribution in [0, 0.1) is 5.41 Å². The Balaban J connectivity index is 0.00000140. The van der Waals surface area contributed by atoms with Gasteiger partial charge >= 0.3 is 0 Å². The maximum atomic E-state index is 12.8. The zero-order valence-electron chi connectivity index (χ0n) is 15.7. The number of halogens is 2. The topological polar surface area (TPSA) is 77.0 Å². The van der Waals surface area contributed by atoms with Gasteiger partial charge in [-0.25, -0.2) is 9.67 Å². The summed E-state index contributed by atoms with van der Waals surface area (Å²) in [6.45, 7) is 4.84. The monoisotopic (exact) mass is 421 g/mol. The van der Waals surface area contributed by atoms with E-state index in [-0.39, 0.29) is 36.1 Å². The fourth-order valence-electron chi connectivity index (χ4n) is 3.51. The molecule has 3 aromatic rings. The lowest BCUT2D eigenvalue weighted by atomic mass is 9.90. The average molecular weight is 422 g/mol. The minimum atomic E-state index is 0. The lowest BCUT2D eigenvalue weighted by Crippen LogP contribution is -2.34. The number of hydrogen-bond donors (Lipinski definition) is 1. The second-order valence-electron chi connectivity index (χ2n) is 7.42. The Hall–Kier alpha value is -2.15. The summed E-state index contributed by atoms with van der Waals surface area (Å²) in [4.78, 5) is 19.2. The number of carbonyl (C=O) groups excluding carboxylic acids is 1. The number of rotatable bonds is 4.